The van der Waals surface area contributed by atoms with Gasteiger partial charge in [-0.15, -0.1) is 0 Å². The number of benzene rings is 1. The maximum absolute atomic E-state index is 12.2. The zero-order valence-electron chi connectivity index (χ0n) is 12.4. The summed E-state index contributed by atoms with van der Waals surface area (Å²) in [5, 5.41) is 3.60. The monoisotopic (exact) mass is 360 g/mol. The van der Waals surface area contributed by atoms with Gasteiger partial charge in [0.15, 0.2) is 0 Å². The van der Waals surface area contributed by atoms with E-state index in [0.29, 0.717) is 33.6 Å². The molecule has 1 unspecified atom stereocenters. The number of carbonyl (C=O) groups is 1. The van der Waals surface area contributed by atoms with Crippen molar-refractivity contribution in [3.05, 3.63) is 33.3 Å². The van der Waals surface area contributed by atoms with Crippen LogP contribution in [0.2, 0.25) is 5.02 Å². The van der Waals surface area contributed by atoms with Gasteiger partial charge in [0.25, 0.3) is 5.91 Å². The molecule has 0 aliphatic heterocycles. The average Bonchev–Trinajstić information content (AvgIpc) is 2.33. The summed E-state index contributed by atoms with van der Waals surface area (Å²) >= 11 is 9.25. The number of hydrogen-bond acceptors (Lipinski definition) is 2. The number of rotatable bonds is 6. The Morgan fingerprint density at radius 2 is 2.05 bits per heavy atom. The molecule has 1 amide bonds. The third-order valence-electron chi connectivity index (χ3n) is 3.15. The fourth-order valence-corrected chi connectivity index (χ4v) is 2.86. The molecule has 0 aliphatic rings. The number of hydrogen-bond donors (Lipinski definition) is 1. The summed E-state index contributed by atoms with van der Waals surface area (Å²) in [5.74, 6) is 0.519. The van der Waals surface area contributed by atoms with Gasteiger partial charge in [-0.2, -0.15) is 0 Å². The van der Waals surface area contributed by atoms with Crippen molar-refractivity contribution in [1.82, 2.24) is 10.2 Å². The lowest BCUT2D eigenvalue weighted by Gasteiger charge is -2.26. The molecule has 0 aromatic heterocycles. The highest BCUT2D eigenvalue weighted by Crippen LogP contribution is 2.21. The number of nitrogens with zero attached hydrogens (tertiary/aromatic N) is 1. The van der Waals surface area contributed by atoms with Gasteiger partial charge in [-0.3, -0.25) is 4.79 Å². The van der Waals surface area contributed by atoms with E-state index in [0.717, 1.165) is 6.42 Å². The highest BCUT2D eigenvalue weighted by Gasteiger charge is 2.16. The van der Waals surface area contributed by atoms with Gasteiger partial charge in [0.2, 0.25) is 0 Å². The normalized spacial score (nSPS) is 12.8. The van der Waals surface area contributed by atoms with Gasteiger partial charge in [0, 0.05) is 22.1 Å². The second kappa shape index (κ2) is 8.01. The standard InChI is InChI=1S/C15H22BrClN2O/c1-10(2)7-12(19(3)4)9-18-15(20)13-6-5-11(17)8-14(13)16/h5-6,8,10,12H,7,9H2,1-4H3,(H,18,20). The third kappa shape index (κ3) is 5.43. The minimum Gasteiger partial charge on any atom is -0.350 e. The Hall–Kier alpha value is -0.580. The molecule has 112 valence electrons. The van der Waals surface area contributed by atoms with Crippen LogP contribution in [0.1, 0.15) is 30.6 Å². The number of amides is 1. The van der Waals surface area contributed by atoms with E-state index in [4.69, 9.17) is 11.6 Å². The van der Waals surface area contributed by atoms with Crippen LogP contribution in [0.4, 0.5) is 0 Å². The van der Waals surface area contributed by atoms with E-state index in [1.807, 2.05) is 14.1 Å². The van der Waals surface area contributed by atoms with Gasteiger partial charge in [-0.1, -0.05) is 25.4 Å². The molecule has 0 radical (unpaired) electrons. The average molecular weight is 362 g/mol. The van der Waals surface area contributed by atoms with Crippen LogP contribution in [0.15, 0.2) is 22.7 Å². The number of nitrogens with one attached hydrogen (secondary N) is 1. The van der Waals surface area contributed by atoms with Crippen molar-refractivity contribution in [2.24, 2.45) is 5.92 Å². The maximum Gasteiger partial charge on any atom is 0.252 e. The van der Waals surface area contributed by atoms with E-state index in [1.165, 1.54) is 0 Å². The van der Waals surface area contributed by atoms with Crippen molar-refractivity contribution in [3.63, 3.8) is 0 Å². The molecule has 0 bridgehead atoms. The summed E-state index contributed by atoms with van der Waals surface area (Å²) in [6.45, 7) is 5.02. The van der Waals surface area contributed by atoms with E-state index < -0.39 is 0 Å². The Labute approximate surface area is 134 Å². The molecule has 0 fully saturated rings. The van der Waals surface area contributed by atoms with Gasteiger partial charge in [-0.05, 0) is 60.6 Å². The van der Waals surface area contributed by atoms with Crippen LogP contribution in [-0.4, -0.2) is 37.5 Å². The fourth-order valence-electron chi connectivity index (χ4n) is 2.00. The molecule has 1 rings (SSSR count). The van der Waals surface area contributed by atoms with E-state index >= 15 is 0 Å². The largest absolute Gasteiger partial charge is 0.350 e. The lowest BCUT2D eigenvalue weighted by molar-refractivity contribution is 0.0937. The predicted octanol–water partition coefficient (Wildman–Crippen LogP) is 3.81. The maximum atomic E-state index is 12.2. The quantitative estimate of drug-likeness (QED) is 0.835. The zero-order valence-corrected chi connectivity index (χ0v) is 14.8. The van der Waals surface area contributed by atoms with E-state index in [9.17, 15) is 4.79 Å². The highest BCUT2D eigenvalue weighted by atomic mass is 79.9. The first-order valence-corrected chi connectivity index (χ1v) is 7.88. The van der Waals surface area contributed by atoms with Crippen LogP contribution >= 0.6 is 27.5 Å². The molecular weight excluding hydrogens is 340 g/mol. The van der Waals surface area contributed by atoms with Crippen molar-refractivity contribution in [2.45, 2.75) is 26.3 Å². The van der Waals surface area contributed by atoms with E-state index in [1.54, 1.807) is 18.2 Å². The van der Waals surface area contributed by atoms with Crippen LogP contribution in [0.5, 0.6) is 0 Å². The van der Waals surface area contributed by atoms with Crippen molar-refractivity contribution in [3.8, 4) is 0 Å². The van der Waals surface area contributed by atoms with Gasteiger partial charge >= 0.3 is 0 Å². The van der Waals surface area contributed by atoms with Gasteiger partial charge in [-0.25, -0.2) is 0 Å². The van der Waals surface area contributed by atoms with E-state index in [-0.39, 0.29) is 5.91 Å². The zero-order chi connectivity index (χ0) is 15.3. The molecule has 5 heteroatoms. The van der Waals surface area contributed by atoms with Crippen molar-refractivity contribution in [1.29, 1.82) is 0 Å². The molecule has 0 heterocycles. The summed E-state index contributed by atoms with van der Waals surface area (Å²) in [7, 11) is 4.08. The van der Waals surface area contributed by atoms with Crippen LogP contribution in [0.25, 0.3) is 0 Å². The molecule has 0 aliphatic carbocycles. The highest BCUT2D eigenvalue weighted by molar-refractivity contribution is 9.10. The molecule has 0 spiro atoms. The Balaban J connectivity index is 2.65. The lowest BCUT2D eigenvalue weighted by atomic mass is 10.0. The Morgan fingerprint density at radius 3 is 2.55 bits per heavy atom. The van der Waals surface area contributed by atoms with Gasteiger partial charge < -0.3 is 10.2 Å². The van der Waals surface area contributed by atoms with Crippen LogP contribution in [0.3, 0.4) is 0 Å². The first-order valence-electron chi connectivity index (χ1n) is 6.71. The third-order valence-corrected chi connectivity index (χ3v) is 4.04. The first-order chi connectivity index (χ1) is 9.31. The van der Waals surface area contributed by atoms with E-state index in [2.05, 4.69) is 40.0 Å². The topological polar surface area (TPSA) is 32.3 Å². The van der Waals surface area contributed by atoms with Crippen molar-refractivity contribution >= 4 is 33.4 Å². The molecule has 0 saturated carbocycles. The summed E-state index contributed by atoms with van der Waals surface area (Å²) in [5.41, 5.74) is 0.608. The fraction of sp³-hybridized carbons (Fsp3) is 0.533. The molecule has 20 heavy (non-hydrogen) atoms. The molecule has 1 atom stereocenters. The van der Waals surface area contributed by atoms with Gasteiger partial charge in [0.05, 0.1) is 5.56 Å². The lowest BCUT2D eigenvalue weighted by Crippen LogP contribution is -2.41. The number of likely N-dealkylation sites (N-methyl/N-ethyl adjacent to an activating group) is 1. The SMILES string of the molecule is CC(C)CC(CNC(=O)c1ccc(Cl)cc1Br)N(C)C. The Morgan fingerprint density at radius 1 is 1.40 bits per heavy atom. The molecule has 1 aromatic rings. The smallest absolute Gasteiger partial charge is 0.252 e. The van der Waals surface area contributed by atoms with Crippen molar-refractivity contribution < 1.29 is 4.79 Å². The summed E-state index contributed by atoms with van der Waals surface area (Å²) < 4.78 is 0.716. The Kier molecular flexibility index (Phi) is 7.00. The second-order valence-corrected chi connectivity index (χ2v) is 6.87. The minimum absolute atomic E-state index is 0.0795. The molecule has 1 N–H and O–H groups in total. The van der Waals surface area contributed by atoms with Crippen LogP contribution in [-0.2, 0) is 0 Å². The molecule has 1 aromatic carbocycles. The van der Waals surface area contributed by atoms with Crippen LogP contribution < -0.4 is 5.32 Å². The number of halogens is 2. The molecular formula is C15H22BrClN2O. The van der Waals surface area contributed by atoms with Crippen molar-refractivity contribution in [2.75, 3.05) is 20.6 Å². The summed E-state index contributed by atoms with van der Waals surface area (Å²) in [6, 6.07) is 5.52. The molecule has 3 nitrogen and oxygen atoms in total. The minimum atomic E-state index is -0.0795. The summed E-state index contributed by atoms with van der Waals surface area (Å²) in [4.78, 5) is 14.3. The first kappa shape index (κ1) is 17.5. The predicted molar refractivity (Wildman–Crippen MR) is 88.4 cm³/mol. The number of carbonyl (C=O) groups excluding carboxylic acids is 1. The Bertz CT molecular complexity index is 463. The second-order valence-electron chi connectivity index (χ2n) is 5.58. The molecule has 0 saturated heterocycles. The van der Waals surface area contributed by atoms with Gasteiger partial charge in [0.1, 0.15) is 0 Å². The van der Waals surface area contributed by atoms with Crippen LogP contribution in [0, 0.1) is 5.92 Å². The summed E-state index contributed by atoms with van der Waals surface area (Å²) in [6.07, 6.45) is 1.05.